The van der Waals surface area contributed by atoms with Gasteiger partial charge in [0.25, 0.3) is 0 Å². The third-order valence-electron chi connectivity index (χ3n) is 13.9. The van der Waals surface area contributed by atoms with Crippen molar-refractivity contribution in [1.82, 2.24) is 0 Å². The van der Waals surface area contributed by atoms with Gasteiger partial charge in [-0.15, -0.1) is 0 Å². The fourth-order valence-electron chi connectivity index (χ4n) is 11.8. The lowest BCUT2D eigenvalue weighted by Crippen LogP contribution is -2.67. The van der Waals surface area contributed by atoms with Gasteiger partial charge in [-0.3, -0.25) is 9.59 Å². The maximum atomic E-state index is 13.8. The zero-order valence-corrected chi connectivity index (χ0v) is 25.0. The highest BCUT2D eigenvalue weighted by atomic mass is 16.7. The zero-order chi connectivity index (χ0) is 27.9. The van der Waals surface area contributed by atoms with E-state index < -0.39 is 11.4 Å². The first-order valence-corrected chi connectivity index (χ1v) is 15.3. The van der Waals surface area contributed by atoms with Crippen LogP contribution in [0.5, 0.6) is 0 Å². The van der Waals surface area contributed by atoms with Crippen molar-refractivity contribution in [1.29, 1.82) is 0 Å². The Morgan fingerprint density at radius 3 is 2.18 bits per heavy atom. The second-order valence-corrected chi connectivity index (χ2v) is 15.4. The van der Waals surface area contributed by atoms with Gasteiger partial charge < -0.3 is 14.6 Å². The molecule has 5 nitrogen and oxygen atoms in total. The molecule has 0 bridgehead atoms. The van der Waals surface area contributed by atoms with E-state index in [1.807, 2.05) is 0 Å². The first-order valence-electron chi connectivity index (χ1n) is 15.3. The Balaban J connectivity index is 1.50. The predicted molar refractivity (Wildman–Crippen MR) is 148 cm³/mol. The quantitative estimate of drug-likeness (QED) is 0.240. The monoisotopic (exact) mass is 528 g/mol. The molecule has 5 heteroatoms. The van der Waals surface area contributed by atoms with Gasteiger partial charge in [0.1, 0.15) is 0 Å². The number of aliphatic hydroxyl groups is 1. The van der Waals surface area contributed by atoms with E-state index in [2.05, 4.69) is 48.1 Å². The Kier molecular flexibility index (Phi) is 6.73. The minimum atomic E-state index is -0.505. The lowest BCUT2D eigenvalue weighted by molar-refractivity contribution is -0.249. The molecule has 5 aliphatic rings. The molecule has 38 heavy (non-hydrogen) atoms. The molecule has 0 amide bonds. The van der Waals surface area contributed by atoms with Gasteiger partial charge in [-0.05, 0) is 122 Å². The van der Waals surface area contributed by atoms with E-state index in [1.54, 1.807) is 0 Å². The van der Waals surface area contributed by atoms with Crippen LogP contribution < -0.4 is 0 Å². The van der Waals surface area contributed by atoms with Crippen LogP contribution in [0.4, 0.5) is 0 Å². The van der Waals surface area contributed by atoms with Crippen molar-refractivity contribution in [3.05, 3.63) is 12.2 Å². The van der Waals surface area contributed by atoms with E-state index in [9.17, 15) is 14.7 Å². The molecule has 0 aromatic heterocycles. The van der Waals surface area contributed by atoms with Crippen LogP contribution >= 0.6 is 0 Å². The van der Waals surface area contributed by atoms with Crippen LogP contribution in [0.2, 0.25) is 0 Å². The fraction of sp³-hybridized carbons (Fsp3) is 0.879. The molecule has 1 N–H and O–H groups in total. The van der Waals surface area contributed by atoms with E-state index >= 15 is 0 Å². The van der Waals surface area contributed by atoms with Crippen molar-refractivity contribution in [2.45, 2.75) is 119 Å². The van der Waals surface area contributed by atoms with Crippen LogP contribution in [-0.4, -0.2) is 29.9 Å². The number of hydrogen-bond donors (Lipinski definition) is 1. The highest BCUT2D eigenvalue weighted by Crippen LogP contribution is 2.77. The largest absolute Gasteiger partial charge is 0.428 e. The molecular weight excluding hydrogens is 476 g/mol. The van der Waals surface area contributed by atoms with E-state index in [-0.39, 0.29) is 46.4 Å². The second kappa shape index (κ2) is 9.08. The van der Waals surface area contributed by atoms with Gasteiger partial charge in [-0.2, -0.15) is 0 Å². The topological polar surface area (TPSA) is 72.8 Å². The first kappa shape index (κ1) is 28.2. The molecular formula is C33H52O5. The standard InChI is InChI=1S/C33H52O5/c1-20(2)22-11-16-33(28(36)38-19-37-21(3)34)18-17-31(7)23(27(22)33)9-10-25-30(6)14-13-26(35)29(4,5)24(30)12-15-32(25,31)8/h22-27,35H,1,9-19H2,2-8H3/t22-,23+,24?,25+,26-,27?,30-,31+,32+,33-/m0/s1. The number of aliphatic hydroxyl groups excluding tert-OH is 1. The van der Waals surface area contributed by atoms with Crippen LogP contribution in [-0.2, 0) is 19.1 Å². The third-order valence-corrected chi connectivity index (χ3v) is 13.9. The summed E-state index contributed by atoms with van der Waals surface area (Å²) in [4.78, 5) is 25.1. The molecule has 0 radical (unpaired) electrons. The number of fused-ring (bicyclic) bond motifs is 7. The molecule has 10 atom stereocenters. The molecule has 0 heterocycles. The van der Waals surface area contributed by atoms with Crippen LogP contribution in [0, 0.1) is 56.7 Å². The number of carbonyl (C=O) groups is 2. The van der Waals surface area contributed by atoms with Gasteiger partial charge in [0, 0.05) is 6.92 Å². The molecule has 5 aliphatic carbocycles. The SMILES string of the molecule is C=C(C)[C@@H]1CC[C@]2(C(=O)OCOC(C)=O)CC[C@]3(C)[C@H](CC[C@@H]4[C@@]5(C)CC[C@H](O)C(C)(C)C5CC[C@]43C)C12. The normalized spacial score (nSPS) is 49.1. The van der Waals surface area contributed by atoms with Crippen molar-refractivity contribution in [3.8, 4) is 0 Å². The predicted octanol–water partition coefficient (Wildman–Crippen LogP) is 7.07. The van der Waals surface area contributed by atoms with Crippen LogP contribution in [0.15, 0.2) is 12.2 Å². The fourth-order valence-corrected chi connectivity index (χ4v) is 11.8. The Morgan fingerprint density at radius 1 is 0.816 bits per heavy atom. The van der Waals surface area contributed by atoms with Crippen molar-refractivity contribution in [2.75, 3.05) is 6.79 Å². The van der Waals surface area contributed by atoms with Gasteiger partial charge in [-0.1, -0.05) is 46.8 Å². The number of rotatable bonds is 4. The number of hydrogen-bond acceptors (Lipinski definition) is 5. The van der Waals surface area contributed by atoms with Crippen LogP contribution in [0.1, 0.15) is 113 Å². The maximum Gasteiger partial charge on any atom is 0.315 e. The molecule has 0 aliphatic heterocycles. The van der Waals surface area contributed by atoms with Crippen molar-refractivity contribution >= 4 is 11.9 Å². The zero-order valence-electron chi connectivity index (χ0n) is 25.0. The van der Waals surface area contributed by atoms with Crippen LogP contribution in [0.3, 0.4) is 0 Å². The number of allylic oxidation sites excluding steroid dienone is 1. The molecule has 5 saturated carbocycles. The summed E-state index contributed by atoms with van der Waals surface area (Å²) in [7, 11) is 0. The number of ether oxygens (including phenoxy) is 2. The summed E-state index contributed by atoms with van der Waals surface area (Å²) in [5.74, 6) is 1.60. The lowest BCUT2D eigenvalue weighted by Gasteiger charge is -2.72. The highest BCUT2D eigenvalue weighted by molar-refractivity contribution is 5.78. The van der Waals surface area contributed by atoms with Gasteiger partial charge in [0.2, 0.25) is 6.79 Å². The van der Waals surface area contributed by atoms with Gasteiger partial charge in [0.15, 0.2) is 0 Å². The third kappa shape index (κ3) is 3.65. The van der Waals surface area contributed by atoms with Gasteiger partial charge in [0.05, 0.1) is 11.5 Å². The average molecular weight is 529 g/mol. The molecule has 214 valence electrons. The van der Waals surface area contributed by atoms with Gasteiger partial charge >= 0.3 is 11.9 Å². The molecule has 2 unspecified atom stereocenters. The molecule has 0 aromatic rings. The summed E-state index contributed by atoms with van der Waals surface area (Å²) in [5, 5.41) is 11.0. The summed E-state index contributed by atoms with van der Waals surface area (Å²) >= 11 is 0. The average Bonchev–Trinajstić information content (AvgIpc) is 3.23. The smallest absolute Gasteiger partial charge is 0.315 e. The van der Waals surface area contributed by atoms with Crippen LogP contribution in [0.25, 0.3) is 0 Å². The second-order valence-electron chi connectivity index (χ2n) is 15.4. The Morgan fingerprint density at radius 2 is 1.53 bits per heavy atom. The number of carbonyl (C=O) groups excluding carboxylic acids is 2. The lowest BCUT2D eigenvalue weighted by atomic mass is 9.32. The van der Waals surface area contributed by atoms with E-state index in [0.717, 1.165) is 44.9 Å². The maximum absolute atomic E-state index is 13.8. The molecule has 0 spiro atoms. The molecule has 5 fully saturated rings. The van der Waals surface area contributed by atoms with Gasteiger partial charge in [-0.25, -0.2) is 0 Å². The van der Waals surface area contributed by atoms with Crippen molar-refractivity contribution < 1.29 is 24.2 Å². The highest BCUT2D eigenvalue weighted by Gasteiger charge is 2.72. The summed E-state index contributed by atoms with van der Waals surface area (Å²) < 4.78 is 10.7. The van der Waals surface area contributed by atoms with E-state index in [0.29, 0.717) is 23.7 Å². The summed E-state index contributed by atoms with van der Waals surface area (Å²) in [6.07, 6.45) is 10.3. The molecule has 0 saturated heterocycles. The van der Waals surface area contributed by atoms with E-state index in [1.165, 1.54) is 31.8 Å². The van der Waals surface area contributed by atoms with Crippen molar-refractivity contribution in [2.24, 2.45) is 56.7 Å². The summed E-state index contributed by atoms with van der Waals surface area (Å²) in [6, 6.07) is 0. The Bertz CT molecular complexity index is 1000. The number of esters is 2. The first-order chi connectivity index (χ1) is 17.6. The Hall–Kier alpha value is -1.36. The summed E-state index contributed by atoms with van der Waals surface area (Å²) in [5.41, 5.74) is 1.23. The minimum Gasteiger partial charge on any atom is -0.428 e. The van der Waals surface area contributed by atoms with E-state index in [4.69, 9.17) is 9.47 Å². The summed E-state index contributed by atoms with van der Waals surface area (Å²) in [6.45, 7) is 19.9. The molecule has 0 aromatic carbocycles. The minimum absolute atomic E-state index is 0.0456. The molecule has 5 rings (SSSR count). The van der Waals surface area contributed by atoms with Crippen molar-refractivity contribution in [3.63, 3.8) is 0 Å². The Labute approximate surface area is 230 Å².